The van der Waals surface area contributed by atoms with Crippen molar-refractivity contribution in [3.8, 4) is 0 Å². The molecule has 0 aromatic carbocycles. The molecule has 2 N–H and O–H groups in total. The Morgan fingerprint density at radius 1 is 1.24 bits per heavy atom. The maximum atomic E-state index is 5.66. The SMILES string of the molecule is Nc1ccn(C2CCN(CC3CCC3)CC2)n1. The molecular weight excluding hydrogens is 212 g/mol. The molecule has 1 aromatic rings. The second-order valence-corrected chi connectivity index (χ2v) is 5.55. The lowest BCUT2D eigenvalue weighted by molar-refractivity contribution is 0.130. The van der Waals surface area contributed by atoms with Crippen LogP contribution in [0.4, 0.5) is 5.82 Å². The molecule has 0 radical (unpaired) electrons. The highest BCUT2D eigenvalue weighted by Crippen LogP contribution is 2.29. The second-order valence-electron chi connectivity index (χ2n) is 5.55. The van der Waals surface area contributed by atoms with Gasteiger partial charge in [0, 0.05) is 25.8 Å². The number of anilines is 1. The largest absolute Gasteiger partial charge is 0.382 e. The van der Waals surface area contributed by atoms with Crippen LogP contribution in [0.3, 0.4) is 0 Å². The van der Waals surface area contributed by atoms with Crippen LogP contribution < -0.4 is 5.73 Å². The average molecular weight is 234 g/mol. The van der Waals surface area contributed by atoms with Crippen molar-refractivity contribution in [2.24, 2.45) is 5.92 Å². The number of nitrogens with zero attached hydrogens (tertiary/aromatic N) is 3. The van der Waals surface area contributed by atoms with E-state index in [0.29, 0.717) is 11.9 Å². The van der Waals surface area contributed by atoms with Crippen molar-refractivity contribution in [2.45, 2.75) is 38.1 Å². The molecule has 1 aromatic heterocycles. The van der Waals surface area contributed by atoms with E-state index in [0.717, 1.165) is 5.92 Å². The third-order valence-electron chi connectivity index (χ3n) is 4.30. The Morgan fingerprint density at radius 3 is 2.53 bits per heavy atom. The predicted octanol–water partition coefficient (Wildman–Crippen LogP) is 1.90. The van der Waals surface area contributed by atoms with E-state index >= 15 is 0 Å². The van der Waals surface area contributed by atoms with Crippen LogP contribution >= 0.6 is 0 Å². The molecule has 3 rings (SSSR count). The number of aromatic nitrogens is 2. The van der Waals surface area contributed by atoms with Gasteiger partial charge in [-0.25, -0.2) is 0 Å². The quantitative estimate of drug-likeness (QED) is 0.869. The Kier molecular flexibility index (Phi) is 3.05. The maximum absolute atomic E-state index is 5.66. The van der Waals surface area contributed by atoms with Gasteiger partial charge in [0.15, 0.2) is 0 Å². The standard InChI is InChI=1S/C13H22N4/c14-13-6-9-17(15-13)12-4-7-16(8-5-12)10-11-2-1-3-11/h6,9,11-12H,1-5,7-8,10H2,(H2,14,15). The van der Waals surface area contributed by atoms with Gasteiger partial charge in [-0.05, 0) is 37.7 Å². The molecule has 94 valence electrons. The normalized spacial score (nSPS) is 23.8. The zero-order valence-corrected chi connectivity index (χ0v) is 10.4. The van der Waals surface area contributed by atoms with Gasteiger partial charge >= 0.3 is 0 Å². The number of rotatable bonds is 3. The van der Waals surface area contributed by atoms with Crippen LogP contribution in [0.2, 0.25) is 0 Å². The minimum atomic E-state index is 0.560. The Hall–Kier alpha value is -1.03. The van der Waals surface area contributed by atoms with E-state index in [1.165, 1.54) is 51.7 Å². The molecule has 0 spiro atoms. The number of hydrogen-bond acceptors (Lipinski definition) is 3. The molecule has 1 aliphatic heterocycles. The summed E-state index contributed by atoms with van der Waals surface area (Å²) in [6.45, 7) is 3.77. The van der Waals surface area contributed by atoms with E-state index in [4.69, 9.17) is 5.73 Å². The summed E-state index contributed by atoms with van der Waals surface area (Å²) < 4.78 is 2.05. The number of likely N-dealkylation sites (tertiary alicyclic amines) is 1. The monoisotopic (exact) mass is 234 g/mol. The first-order chi connectivity index (χ1) is 8.31. The third kappa shape index (κ3) is 2.46. The molecule has 17 heavy (non-hydrogen) atoms. The van der Waals surface area contributed by atoms with Gasteiger partial charge in [-0.15, -0.1) is 0 Å². The summed E-state index contributed by atoms with van der Waals surface area (Å²) in [5, 5.41) is 4.32. The molecule has 1 saturated heterocycles. The molecule has 0 bridgehead atoms. The molecule has 0 unspecified atom stereocenters. The van der Waals surface area contributed by atoms with Crippen molar-refractivity contribution < 1.29 is 0 Å². The highest BCUT2D eigenvalue weighted by molar-refractivity contribution is 5.24. The molecule has 4 nitrogen and oxygen atoms in total. The van der Waals surface area contributed by atoms with Gasteiger partial charge in [0.05, 0.1) is 6.04 Å². The van der Waals surface area contributed by atoms with Crippen LogP contribution in [0.25, 0.3) is 0 Å². The number of piperidine rings is 1. The number of hydrogen-bond donors (Lipinski definition) is 1. The molecule has 0 atom stereocenters. The Bertz CT molecular complexity index is 361. The average Bonchev–Trinajstić information content (AvgIpc) is 2.71. The number of nitrogen functional groups attached to an aromatic ring is 1. The highest BCUT2D eigenvalue weighted by atomic mass is 15.3. The first kappa shape index (κ1) is 11.1. The minimum Gasteiger partial charge on any atom is -0.382 e. The van der Waals surface area contributed by atoms with Crippen LogP contribution in [0.1, 0.15) is 38.1 Å². The van der Waals surface area contributed by atoms with Crippen molar-refractivity contribution in [3.05, 3.63) is 12.3 Å². The lowest BCUT2D eigenvalue weighted by Gasteiger charge is -2.36. The zero-order chi connectivity index (χ0) is 11.7. The van der Waals surface area contributed by atoms with Crippen molar-refractivity contribution in [1.82, 2.24) is 14.7 Å². The van der Waals surface area contributed by atoms with Gasteiger partial charge in [-0.1, -0.05) is 6.42 Å². The van der Waals surface area contributed by atoms with E-state index in [-0.39, 0.29) is 0 Å². The summed E-state index contributed by atoms with van der Waals surface area (Å²) in [7, 11) is 0. The summed E-state index contributed by atoms with van der Waals surface area (Å²) in [6.07, 6.45) is 8.81. The van der Waals surface area contributed by atoms with Crippen molar-refractivity contribution in [1.29, 1.82) is 0 Å². The van der Waals surface area contributed by atoms with Gasteiger partial charge in [0.2, 0.25) is 0 Å². The van der Waals surface area contributed by atoms with E-state index in [9.17, 15) is 0 Å². The summed E-state index contributed by atoms with van der Waals surface area (Å²) in [5.74, 6) is 1.63. The van der Waals surface area contributed by atoms with E-state index < -0.39 is 0 Å². The van der Waals surface area contributed by atoms with Crippen LogP contribution in [-0.4, -0.2) is 34.3 Å². The van der Waals surface area contributed by atoms with Gasteiger partial charge in [0.1, 0.15) is 5.82 Å². The van der Waals surface area contributed by atoms with Crippen LogP contribution in [0, 0.1) is 5.92 Å². The van der Waals surface area contributed by atoms with Crippen LogP contribution in [0.15, 0.2) is 12.3 Å². The Labute approximate surface area is 103 Å². The lowest BCUT2D eigenvalue weighted by atomic mass is 9.84. The molecule has 4 heteroatoms. The molecule has 0 amide bonds. The van der Waals surface area contributed by atoms with E-state index in [1.807, 2.05) is 12.3 Å². The van der Waals surface area contributed by atoms with Crippen LogP contribution in [-0.2, 0) is 0 Å². The molecule has 1 aliphatic carbocycles. The summed E-state index contributed by atoms with van der Waals surface area (Å²) >= 11 is 0. The smallest absolute Gasteiger partial charge is 0.145 e. The topological polar surface area (TPSA) is 47.1 Å². The second kappa shape index (κ2) is 4.69. The Balaban J connectivity index is 1.49. The van der Waals surface area contributed by atoms with E-state index in [1.54, 1.807) is 0 Å². The highest BCUT2D eigenvalue weighted by Gasteiger charge is 2.25. The van der Waals surface area contributed by atoms with Crippen molar-refractivity contribution in [2.75, 3.05) is 25.4 Å². The Morgan fingerprint density at radius 2 is 2.00 bits per heavy atom. The predicted molar refractivity (Wildman–Crippen MR) is 68.7 cm³/mol. The van der Waals surface area contributed by atoms with Crippen molar-refractivity contribution >= 4 is 5.82 Å². The van der Waals surface area contributed by atoms with Crippen LogP contribution in [0.5, 0.6) is 0 Å². The fraction of sp³-hybridized carbons (Fsp3) is 0.769. The molecule has 2 heterocycles. The maximum Gasteiger partial charge on any atom is 0.145 e. The summed E-state index contributed by atoms with van der Waals surface area (Å²) in [4.78, 5) is 2.63. The fourth-order valence-corrected chi connectivity index (χ4v) is 2.96. The van der Waals surface area contributed by atoms with E-state index in [2.05, 4.69) is 14.7 Å². The molecule has 2 aliphatic rings. The molecular formula is C13H22N4. The summed E-state index contributed by atoms with van der Waals surface area (Å²) in [6, 6.07) is 2.45. The van der Waals surface area contributed by atoms with Gasteiger partial charge in [-0.2, -0.15) is 5.10 Å². The third-order valence-corrected chi connectivity index (χ3v) is 4.30. The summed E-state index contributed by atoms with van der Waals surface area (Å²) in [5.41, 5.74) is 5.66. The lowest BCUT2D eigenvalue weighted by Crippen LogP contribution is -2.39. The molecule has 1 saturated carbocycles. The molecule has 2 fully saturated rings. The fourth-order valence-electron chi connectivity index (χ4n) is 2.96. The van der Waals surface area contributed by atoms with Gasteiger partial charge in [0.25, 0.3) is 0 Å². The zero-order valence-electron chi connectivity index (χ0n) is 10.4. The first-order valence-electron chi connectivity index (χ1n) is 6.84. The van der Waals surface area contributed by atoms with Gasteiger partial charge in [-0.3, -0.25) is 4.68 Å². The van der Waals surface area contributed by atoms with Crippen molar-refractivity contribution in [3.63, 3.8) is 0 Å². The number of nitrogens with two attached hydrogens (primary N) is 1. The minimum absolute atomic E-state index is 0.560. The first-order valence-corrected chi connectivity index (χ1v) is 6.84. The van der Waals surface area contributed by atoms with Gasteiger partial charge < -0.3 is 10.6 Å².